The molecule has 5 heteroatoms. The number of fused-ring (bicyclic) bond motifs is 1. The quantitative estimate of drug-likeness (QED) is 0.796. The van der Waals surface area contributed by atoms with E-state index in [1.54, 1.807) is 0 Å². The summed E-state index contributed by atoms with van der Waals surface area (Å²) in [5.41, 5.74) is 7.87. The number of halogens is 1. The van der Waals surface area contributed by atoms with Gasteiger partial charge in [-0.05, 0) is 41.5 Å². The predicted octanol–water partition coefficient (Wildman–Crippen LogP) is 3.72. The first-order valence-electron chi connectivity index (χ1n) is 6.59. The highest BCUT2D eigenvalue weighted by atomic mass is 79.9. The zero-order valence-corrected chi connectivity index (χ0v) is 12.8. The lowest BCUT2D eigenvalue weighted by atomic mass is 10.1. The molecule has 0 unspecified atom stereocenters. The zero-order valence-electron chi connectivity index (χ0n) is 11.2. The highest BCUT2D eigenvalue weighted by Crippen LogP contribution is 2.24. The van der Waals surface area contributed by atoms with Gasteiger partial charge in [0.15, 0.2) is 5.82 Å². The summed E-state index contributed by atoms with van der Waals surface area (Å²) in [7, 11) is 0. The van der Waals surface area contributed by atoms with Crippen molar-refractivity contribution in [3.8, 4) is 5.69 Å². The van der Waals surface area contributed by atoms with E-state index in [9.17, 15) is 0 Å². The molecular weight excluding hydrogens is 316 g/mol. The zero-order chi connectivity index (χ0) is 14.1. The summed E-state index contributed by atoms with van der Waals surface area (Å²) in [6, 6.07) is 12.5. The van der Waals surface area contributed by atoms with Crippen molar-refractivity contribution in [1.29, 1.82) is 0 Å². The van der Waals surface area contributed by atoms with Gasteiger partial charge < -0.3 is 5.73 Å². The van der Waals surface area contributed by atoms with E-state index in [2.05, 4.69) is 57.4 Å². The van der Waals surface area contributed by atoms with Crippen LogP contribution in [0.1, 0.15) is 19.0 Å². The minimum absolute atomic E-state index is 0.516. The molecule has 3 rings (SSSR count). The Morgan fingerprint density at radius 2 is 1.90 bits per heavy atom. The van der Waals surface area contributed by atoms with Gasteiger partial charge in [0.1, 0.15) is 0 Å². The third-order valence-corrected chi connectivity index (χ3v) is 3.80. The number of aromatic nitrogens is 3. The number of rotatable bonds is 3. The van der Waals surface area contributed by atoms with Gasteiger partial charge in [-0.1, -0.05) is 46.6 Å². The van der Waals surface area contributed by atoms with Crippen LogP contribution in [0.4, 0.5) is 5.82 Å². The van der Waals surface area contributed by atoms with E-state index in [1.807, 2.05) is 16.8 Å². The molecule has 102 valence electrons. The molecule has 0 fully saturated rings. The number of nitrogens with zero attached hydrogens (tertiary/aromatic N) is 3. The van der Waals surface area contributed by atoms with Crippen molar-refractivity contribution >= 4 is 32.5 Å². The second kappa shape index (κ2) is 5.25. The minimum atomic E-state index is 0.516. The lowest BCUT2D eigenvalue weighted by Gasteiger charge is -2.07. The molecule has 1 aromatic heterocycles. The van der Waals surface area contributed by atoms with Crippen LogP contribution in [0.5, 0.6) is 0 Å². The molecule has 2 aromatic carbocycles. The van der Waals surface area contributed by atoms with E-state index in [-0.39, 0.29) is 0 Å². The second-order valence-electron chi connectivity index (χ2n) is 4.76. The Morgan fingerprint density at radius 3 is 2.70 bits per heavy atom. The average Bonchev–Trinajstić information content (AvgIpc) is 2.80. The molecule has 0 spiro atoms. The van der Waals surface area contributed by atoms with Crippen LogP contribution in [0, 0.1) is 0 Å². The van der Waals surface area contributed by atoms with Crippen LogP contribution in [0.2, 0.25) is 0 Å². The van der Waals surface area contributed by atoms with Gasteiger partial charge in [0.2, 0.25) is 0 Å². The van der Waals surface area contributed by atoms with E-state index in [4.69, 9.17) is 5.73 Å². The monoisotopic (exact) mass is 330 g/mol. The highest BCUT2D eigenvalue weighted by Gasteiger charge is 2.11. The molecule has 20 heavy (non-hydrogen) atoms. The van der Waals surface area contributed by atoms with Gasteiger partial charge in [-0.15, -0.1) is 5.10 Å². The molecule has 0 radical (unpaired) electrons. The molecule has 2 N–H and O–H groups in total. The third-order valence-electron chi connectivity index (χ3n) is 3.31. The molecule has 0 amide bonds. The fraction of sp³-hybridized carbons (Fsp3) is 0.200. The summed E-state index contributed by atoms with van der Waals surface area (Å²) in [5, 5.41) is 10.5. The molecule has 0 saturated carbocycles. The first kappa shape index (κ1) is 13.1. The van der Waals surface area contributed by atoms with Gasteiger partial charge in [-0.2, -0.15) is 0 Å². The summed E-state index contributed by atoms with van der Waals surface area (Å²) in [4.78, 5) is 0. The van der Waals surface area contributed by atoms with E-state index in [0.717, 1.165) is 28.7 Å². The predicted molar refractivity (Wildman–Crippen MR) is 85.0 cm³/mol. The Hall–Kier alpha value is -1.88. The topological polar surface area (TPSA) is 56.7 Å². The van der Waals surface area contributed by atoms with Crippen molar-refractivity contribution in [1.82, 2.24) is 15.0 Å². The maximum atomic E-state index is 5.90. The molecule has 3 aromatic rings. The first-order valence-corrected chi connectivity index (χ1v) is 7.38. The van der Waals surface area contributed by atoms with Crippen molar-refractivity contribution in [3.63, 3.8) is 0 Å². The Bertz CT molecular complexity index is 764. The normalized spacial score (nSPS) is 11.1. The maximum absolute atomic E-state index is 5.90. The molecule has 0 aliphatic heterocycles. The van der Waals surface area contributed by atoms with E-state index < -0.39 is 0 Å². The van der Waals surface area contributed by atoms with Crippen LogP contribution in [-0.4, -0.2) is 15.0 Å². The van der Waals surface area contributed by atoms with Gasteiger partial charge in [-0.3, -0.25) is 0 Å². The maximum Gasteiger partial charge on any atom is 0.169 e. The summed E-state index contributed by atoms with van der Waals surface area (Å²) < 4.78 is 2.91. The smallest absolute Gasteiger partial charge is 0.169 e. The van der Waals surface area contributed by atoms with Crippen molar-refractivity contribution in [2.45, 2.75) is 19.8 Å². The van der Waals surface area contributed by atoms with Crippen LogP contribution in [0.15, 0.2) is 40.9 Å². The summed E-state index contributed by atoms with van der Waals surface area (Å²) in [5.74, 6) is 0.516. The van der Waals surface area contributed by atoms with E-state index >= 15 is 0 Å². The Kier molecular flexibility index (Phi) is 3.44. The SMILES string of the molecule is CCCc1c(N)nnn1-c1ccc2cc(Br)ccc2c1. The van der Waals surface area contributed by atoms with Crippen molar-refractivity contribution in [2.24, 2.45) is 0 Å². The largest absolute Gasteiger partial charge is 0.381 e. The van der Waals surface area contributed by atoms with Crippen molar-refractivity contribution < 1.29 is 0 Å². The highest BCUT2D eigenvalue weighted by molar-refractivity contribution is 9.10. The van der Waals surface area contributed by atoms with Crippen LogP contribution < -0.4 is 5.73 Å². The Labute approximate surface area is 125 Å². The van der Waals surface area contributed by atoms with Crippen LogP contribution >= 0.6 is 15.9 Å². The summed E-state index contributed by atoms with van der Waals surface area (Å²) in [6.07, 6.45) is 1.88. The van der Waals surface area contributed by atoms with Crippen LogP contribution in [-0.2, 0) is 6.42 Å². The van der Waals surface area contributed by atoms with Crippen LogP contribution in [0.25, 0.3) is 16.5 Å². The molecule has 0 bridgehead atoms. The standard InChI is InChI=1S/C15H15BrN4/c1-2-3-14-15(17)18-19-20(14)13-7-5-10-8-12(16)6-4-11(10)9-13/h4-9H,2-3,17H2,1H3. The number of anilines is 1. The number of nitrogens with two attached hydrogens (primary N) is 1. The van der Waals surface area contributed by atoms with Gasteiger partial charge in [-0.25, -0.2) is 4.68 Å². The molecule has 0 aliphatic carbocycles. The molecule has 0 saturated heterocycles. The van der Waals surface area contributed by atoms with Crippen molar-refractivity contribution in [3.05, 3.63) is 46.6 Å². The summed E-state index contributed by atoms with van der Waals surface area (Å²) >= 11 is 3.49. The van der Waals surface area contributed by atoms with Crippen molar-refractivity contribution in [2.75, 3.05) is 5.73 Å². The molecular formula is C15H15BrN4. The number of benzene rings is 2. The van der Waals surface area contributed by atoms with E-state index in [0.29, 0.717) is 5.82 Å². The van der Waals surface area contributed by atoms with Gasteiger partial charge in [0.05, 0.1) is 11.4 Å². The average molecular weight is 331 g/mol. The fourth-order valence-electron chi connectivity index (χ4n) is 2.33. The summed E-state index contributed by atoms with van der Waals surface area (Å²) in [6.45, 7) is 2.12. The molecule has 0 atom stereocenters. The molecule has 1 heterocycles. The number of hydrogen-bond donors (Lipinski definition) is 1. The molecule has 0 aliphatic rings. The second-order valence-corrected chi connectivity index (χ2v) is 5.67. The minimum Gasteiger partial charge on any atom is -0.381 e. The number of nitrogen functional groups attached to an aromatic ring is 1. The third kappa shape index (κ3) is 2.29. The van der Waals surface area contributed by atoms with E-state index in [1.165, 1.54) is 10.8 Å². The Balaban J connectivity index is 2.12. The first-order chi connectivity index (χ1) is 9.69. The van der Waals surface area contributed by atoms with Gasteiger partial charge >= 0.3 is 0 Å². The van der Waals surface area contributed by atoms with Gasteiger partial charge in [0.25, 0.3) is 0 Å². The Morgan fingerprint density at radius 1 is 1.15 bits per heavy atom. The van der Waals surface area contributed by atoms with Crippen LogP contribution in [0.3, 0.4) is 0 Å². The lowest BCUT2D eigenvalue weighted by Crippen LogP contribution is -2.03. The number of hydrogen-bond acceptors (Lipinski definition) is 3. The molecule has 4 nitrogen and oxygen atoms in total. The lowest BCUT2D eigenvalue weighted by molar-refractivity contribution is 0.746. The van der Waals surface area contributed by atoms with Gasteiger partial charge in [0, 0.05) is 4.47 Å². The fourth-order valence-corrected chi connectivity index (χ4v) is 2.71.